The molecule has 1 aliphatic heterocycles. The van der Waals surface area contributed by atoms with E-state index >= 15 is 0 Å². The Balaban J connectivity index is 1.54. The van der Waals surface area contributed by atoms with Crippen molar-refractivity contribution in [2.24, 2.45) is 0 Å². The molecule has 0 N–H and O–H groups in total. The Morgan fingerprint density at radius 2 is 1.78 bits per heavy atom. The molecule has 1 fully saturated rings. The summed E-state index contributed by atoms with van der Waals surface area (Å²) in [6.07, 6.45) is 5.17. The van der Waals surface area contributed by atoms with E-state index in [2.05, 4.69) is 4.98 Å². The van der Waals surface area contributed by atoms with Crippen LogP contribution in [-0.4, -0.2) is 40.1 Å². The molecule has 0 atom stereocenters. The number of sulfonamides is 1. The lowest BCUT2D eigenvalue weighted by atomic mass is 9.95. The highest BCUT2D eigenvalue weighted by Crippen LogP contribution is 2.32. The molecule has 9 heteroatoms. The second-order valence-corrected chi connectivity index (χ2v) is 8.44. The van der Waals surface area contributed by atoms with Crippen molar-refractivity contribution < 1.29 is 13.3 Å². The molecule has 1 aliphatic rings. The molecule has 140 valence electrons. The van der Waals surface area contributed by atoms with E-state index in [9.17, 15) is 18.5 Å². The van der Waals surface area contributed by atoms with Gasteiger partial charge in [-0.3, -0.25) is 10.1 Å². The molecule has 0 spiro atoms. The van der Waals surface area contributed by atoms with Crippen LogP contribution < -0.4 is 0 Å². The molecule has 2 aromatic heterocycles. The molecule has 3 aromatic rings. The first-order chi connectivity index (χ1) is 13.0. The van der Waals surface area contributed by atoms with Gasteiger partial charge in [-0.2, -0.15) is 4.31 Å². The number of pyridine rings is 1. The number of fused-ring (bicyclic) bond motifs is 1. The van der Waals surface area contributed by atoms with Gasteiger partial charge in [0.25, 0.3) is 5.69 Å². The summed E-state index contributed by atoms with van der Waals surface area (Å²) < 4.78 is 29.1. The maximum Gasteiger partial charge on any atom is 0.289 e. The Morgan fingerprint density at radius 1 is 1.07 bits per heavy atom. The van der Waals surface area contributed by atoms with Gasteiger partial charge in [-0.1, -0.05) is 18.2 Å². The van der Waals surface area contributed by atoms with Crippen LogP contribution in [0.4, 0.5) is 5.69 Å². The van der Waals surface area contributed by atoms with E-state index < -0.39 is 14.9 Å². The van der Waals surface area contributed by atoms with Crippen LogP contribution in [0.25, 0.3) is 5.65 Å². The number of nitrogens with zero attached hydrogens (tertiary/aromatic N) is 4. The number of nitro benzene ring substituents is 1. The number of imidazole rings is 1. The highest BCUT2D eigenvalue weighted by Gasteiger charge is 2.34. The highest BCUT2D eigenvalue weighted by molar-refractivity contribution is 7.89. The molecule has 1 aromatic carbocycles. The Bertz CT molecular complexity index is 1070. The zero-order valence-corrected chi connectivity index (χ0v) is 15.2. The number of hydrogen-bond donors (Lipinski definition) is 0. The van der Waals surface area contributed by atoms with Gasteiger partial charge in [0.2, 0.25) is 10.0 Å². The first-order valence-corrected chi connectivity index (χ1v) is 10.1. The summed E-state index contributed by atoms with van der Waals surface area (Å²) in [4.78, 5) is 14.9. The number of rotatable bonds is 4. The Kier molecular flexibility index (Phi) is 4.40. The van der Waals surface area contributed by atoms with E-state index in [1.165, 1.54) is 28.6 Å². The fourth-order valence-corrected chi connectivity index (χ4v) is 5.14. The van der Waals surface area contributed by atoms with Crippen molar-refractivity contribution in [1.82, 2.24) is 13.7 Å². The van der Waals surface area contributed by atoms with Crippen LogP contribution in [0.3, 0.4) is 0 Å². The van der Waals surface area contributed by atoms with Crippen LogP contribution in [0, 0.1) is 10.1 Å². The average molecular weight is 386 g/mol. The second kappa shape index (κ2) is 6.75. The number of hydrogen-bond acceptors (Lipinski definition) is 5. The van der Waals surface area contributed by atoms with Crippen LogP contribution in [0.5, 0.6) is 0 Å². The Morgan fingerprint density at radius 3 is 2.48 bits per heavy atom. The van der Waals surface area contributed by atoms with Gasteiger partial charge in [0.15, 0.2) is 4.90 Å². The van der Waals surface area contributed by atoms with E-state index in [1.54, 1.807) is 0 Å². The summed E-state index contributed by atoms with van der Waals surface area (Å²) in [5.74, 6) is 0.169. The fourth-order valence-electron chi connectivity index (χ4n) is 3.51. The third kappa shape index (κ3) is 3.19. The molecule has 0 saturated carbocycles. The first-order valence-electron chi connectivity index (χ1n) is 8.64. The number of piperidine rings is 1. The average Bonchev–Trinajstić information content (AvgIpc) is 3.12. The van der Waals surface area contributed by atoms with Gasteiger partial charge in [-0.25, -0.2) is 13.4 Å². The summed E-state index contributed by atoms with van der Waals surface area (Å²) in [5.41, 5.74) is 1.42. The number of aromatic nitrogens is 2. The number of nitro groups is 1. The minimum atomic E-state index is -3.90. The summed E-state index contributed by atoms with van der Waals surface area (Å²) in [5, 5.41) is 11.2. The molecular weight excluding hydrogens is 368 g/mol. The van der Waals surface area contributed by atoms with Crippen molar-refractivity contribution in [2.45, 2.75) is 23.7 Å². The predicted octanol–water partition coefficient (Wildman–Crippen LogP) is 2.81. The van der Waals surface area contributed by atoms with Crippen molar-refractivity contribution in [3.63, 3.8) is 0 Å². The van der Waals surface area contributed by atoms with Gasteiger partial charge in [0.05, 0.1) is 10.6 Å². The minimum absolute atomic E-state index is 0.169. The lowest BCUT2D eigenvalue weighted by Crippen LogP contribution is -2.38. The largest absolute Gasteiger partial charge is 0.307 e. The maximum atomic E-state index is 12.9. The lowest BCUT2D eigenvalue weighted by Gasteiger charge is -2.30. The molecule has 27 heavy (non-hydrogen) atoms. The molecule has 0 aliphatic carbocycles. The van der Waals surface area contributed by atoms with Crippen molar-refractivity contribution >= 4 is 21.4 Å². The van der Waals surface area contributed by atoms with Gasteiger partial charge in [-0.15, -0.1) is 0 Å². The molecule has 8 nitrogen and oxygen atoms in total. The number of benzene rings is 1. The van der Waals surface area contributed by atoms with Gasteiger partial charge in [0.1, 0.15) is 5.65 Å². The molecule has 4 rings (SSSR count). The SMILES string of the molecule is O=[N+]([O-])c1ccccc1S(=O)(=O)N1CCC(c2cn3ccccc3n2)CC1. The Hall–Kier alpha value is -2.78. The zero-order chi connectivity index (χ0) is 19.0. The maximum absolute atomic E-state index is 12.9. The monoisotopic (exact) mass is 386 g/mol. The fraction of sp³-hybridized carbons (Fsp3) is 0.278. The van der Waals surface area contributed by atoms with Crippen molar-refractivity contribution in [3.05, 3.63) is 70.7 Å². The molecule has 0 unspecified atom stereocenters. The quantitative estimate of drug-likeness (QED) is 0.507. The topological polar surface area (TPSA) is 97.8 Å². The summed E-state index contributed by atoms with van der Waals surface area (Å²) in [6, 6.07) is 11.3. The van der Waals surface area contributed by atoms with Crippen LogP contribution in [0.2, 0.25) is 0 Å². The minimum Gasteiger partial charge on any atom is -0.307 e. The highest BCUT2D eigenvalue weighted by atomic mass is 32.2. The summed E-state index contributed by atoms with van der Waals surface area (Å²) in [6.45, 7) is 0.625. The van der Waals surface area contributed by atoms with E-state index in [-0.39, 0.29) is 16.5 Å². The van der Waals surface area contributed by atoms with Crippen LogP contribution >= 0.6 is 0 Å². The predicted molar refractivity (Wildman–Crippen MR) is 99.0 cm³/mol. The molecule has 1 saturated heterocycles. The third-order valence-corrected chi connectivity index (χ3v) is 6.88. The zero-order valence-electron chi connectivity index (χ0n) is 14.4. The molecular formula is C18H18N4O4S. The standard InChI is InChI=1S/C18H18N4O4S/c23-22(24)16-5-1-2-6-17(16)27(25,26)21-11-8-14(9-12-21)15-13-20-10-4-3-7-18(20)19-15/h1-7,10,13-14H,8-9,11-12H2. The van der Waals surface area contributed by atoms with Crippen molar-refractivity contribution in [3.8, 4) is 0 Å². The van der Waals surface area contributed by atoms with Gasteiger partial charge < -0.3 is 4.40 Å². The third-order valence-electron chi connectivity index (χ3n) is 4.93. The normalized spacial score (nSPS) is 16.6. The van der Waals surface area contributed by atoms with Crippen LogP contribution in [0.1, 0.15) is 24.5 Å². The van der Waals surface area contributed by atoms with E-state index in [0.29, 0.717) is 25.9 Å². The lowest BCUT2D eigenvalue weighted by molar-refractivity contribution is -0.387. The van der Waals surface area contributed by atoms with Crippen LogP contribution in [0.15, 0.2) is 59.8 Å². The second-order valence-electron chi connectivity index (χ2n) is 6.54. The number of para-hydroxylation sites is 1. The van der Waals surface area contributed by atoms with E-state index in [1.807, 2.05) is 35.0 Å². The van der Waals surface area contributed by atoms with Crippen molar-refractivity contribution in [1.29, 1.82) is 0 Å². The summed E-state index contributed by atoms with van der Waals surface area (Å²) >= 11 is 0. The Labute approximate surface area is 156 Å². The van der Waals surface area contributed by atoms with E-state index in [0.717, 1.165) is 11.3 Å². The van der Waals surface area contributed by atoms with Gasteiger partial charge in [-0.05, 0) is 31.0 Å². The van der Waals surface area contributed by atoms with Gasteiger partial charge >= 0.3 is 0 Å². The molecule has 3 heterocycles. The molecule has 0 radical (unpaired) electrons. The van der Waals surface area contributed by atoms with Crippen LogP contribution in [-0.2, 0) is 10.0 Å². The smallest absolute Gasteiger partial charge is 0.289 e. The van der Waals surface area contributed by atoms with E-state index in [4.69, 9.17) is 0 Å². The summed E-state index contributed by atoms with van der Waals surface area (Å²) in [7, 11) is -3.90. The molecule has 0 amide bonds. The van der Waals surface area contributed by atoms with Crippen molar-refractivity contribution in [2.75, 3.05) is 13.1 Å². The van der Waals surface area contributed by atoms with Gasteiger partial charge in [0, 0.05) is 37.5 Å². The molecule has 0 bridgehead atoms. The first kappa shape index (κ1) is 17.6.